The lowest BCUT2D eigenvalue weighted by molar-refractivity contribution is -0.113. The minimum atomic E-state index is -0.120. The van der Waals surface area contributed by atoms with E-state index in [1.807, 2.05) is 16.8 Å². The van der Waals surface area contributed by atoms with Gasteiger partial charge in [0.15, 0.2) is 0 Å². The minimum Gasteiger partial charge on any atom is -0.339 e. The van der Waals surface area contributed by atoms with E-state index in [-0.39, 0.29) is 16.9 Å². The molecule has 0 aliphatic heterocycles. The minimum absolute atomic E-state index is 0.0387. The van der Waals surface area contributed by atoms with Gasteiger partial charge in [0.25, 0.3) is 5.24 Å². The summed E-state index contributed by atoms with van der Waals surface area (Å²) in [5.74, 6) is 0.119. The van der Waals surface area contributed by atoms with Crippen LogP contribution in [0.15, 0.2) is 34.3 Å². The highest BCUT2D eigenvalue weighted by molar-refractivity contribution is 8.13. The van der Waals surface area contributed by atoms with Gasteiger partial charge in [-0.1, -0.05) is 24.6 Å². The van der Waals surface area contributed by atoms with Crippen molar-refractivity contribution in [3.8, 4) is 0 Å². The summed E-state index contributed by atoms with van der Waals surface area (Å²) in [6.07, 6.45) is 4.57. The number of anilines is 1. The Hall–Kier alpha value is -2.07. The summed E-state index contributed by atoms with van der Waals surface area (Å²) in [6.45, 7) is 0. The molecular weight excluding hydrogens is 384 g/mol. The number of tetrazole rings is 1. The van der Waals surface area contributed by atoms with Gasteiger partial charge >= 0.3 is 0 Å². The Kier molecular flexibility index (Phi) is 6.73. The molecule has 1 aromatic carbocycles. The van der Waals surface area contributed by atoms with Crippen LogP contribution in [-0.2, 0) is 4.79 Å². The predicted octanol–water partition coefficient (Wildman–Crippen LogP) is 3.29. The van der Waals surface area contributed by atoms with Crippen LogP contribution in [0.5, 0.6) is 0 Å². The van der Waals surface area contributed by atoms with Gasteiger partial charge < -0.3 is 10.2 Å². The Balaban J connectivity index is 1.50. The molecule has 2 amide bonds. The van der Waals surface area contributed by atoms with Crippen LogP contribution >= 0.6 is 23.5 Å². The summed E-state index contributed by atoms with van der Waals surface area (Å²) in [6, 6.07) is 7.55. The molecular formula is C17H22N6O2S2. The first-order chi connectivity index (χ1) is 13.0. The highest BCUT2D eigenvalue weighted by Crippen LogP contribution is 2.31. The number of benzene rings is 1. The maximum absolute atomic E-state index is 12.2. The average Bonchev–Trinajstić information content (AvgIpc) is 3.32. The SMILES string of the molecule is CN(C)C(=O)Sc1ccc(NC(=O)CSc2nnnn2C2CCCC2)cc1. The van der Waals surface area contributed by atoms with Crippen molar-refractivity contribution in [2.24, 2.45) is 0 Å². The zero-order chi connectivity index (χ0) is 19.2. The molecule has 0 saturated heterocycles. The molecule has 1 fully saturated rings. The van der Waals surface area contributed by atoms with E-state index in [1.165, 1.54) is 29.5 Å². The smallest absolute Gasteiger partial charge is 0.285 e. The second kappa shape index (κ2) is 9.23. The van der Waals surface area contributed by atoms with Gasteiger partial charge in [-0.3, -0.25) is 9.59 Å². The lowest BCUT2D eigenvalue weighted by Gasteiger charge is -2.11. The van der Waals surface area contributed by atoms with Crippen molar-refractivity contribution in [1.82, 2.24) is 25.1 Å². The highest BCUT2D eigenvalue weighted by atomic mass is 32.2. The van der Waals surface area contributed by atoms with Crippen LogP contribution in [0.4, 0.5) is 10.5 Å². The van der Waals surface area contributed by atoms with Gasteiger partial charge in [-0.15, -0.1) is 5.10 Å². The summed E-state index contributed by atoms with van der Waals surface area (Å²) < 4.78 is 1.85. The Morgan fingerprint density at radius 1 is 1.22 bits per heavy atom. The zero-order valence-electron chi connectivity index (χ0n) is 15.3. The molecule has 0 radical (unpaired) electrons. The van der Waals surface area contributed by atoms with Crippen LogP contribution in [0.1, 0.15) is 31.7 Å². The number of aromatic nitrogens is 4. The molecule has 2 aromatic rings. The quantitative estimate of drug-likeness (QED) is 0.736. The molecule has 1 N–H and O–H groups in total. The third-order valence-electron chi connectivity index (χ3n) is 4.17. The fourth-order valence-electron chi connectivity index (χ4n) is 2.78. The van der Waals surface area contributed by atoms with Gasteiger partial charge in [-0.25, -0.2) is 4.68 Å². The van der Waals surface area contributed by atoms with E-state index in [2.05, 4.69) is 20.8 Å². The van der Waals surface area contributed by atoms with Crippen LogP contribution in [0.25, 0.3) is 0 Å². The van der Waals surface area contributed by atoms with E-state index in [0.717, 1.165) is 29.5 Å². The fraction of sp³-hybridized carbons (Fsp3) is 0.471. The Labute approximate surface area is 166 Å². The van der Waals surface area contributed by atoms with Crippen molar-refractivity contribution in [3.63, 3.8) is 0 Å². The molecule has 0 unspecified atom stereocenters. The van der Waals surface area contributed by atoms with Gasteiger partial charge in [-0.05, 0) is 59.3 Å². The Morgan fingerprint density at radius 3 is 2.59 bits per heavy atom. The van der Waals surface area contributed by atoms with E-state index >= 15 is 0 Å². The number of hydrogen-bond donors (Lipinski definition) is 1. The predicted molar refractivity (Wildman–Crippen MR) is 106 cm³/mol. The van der Waals surface area contributed by atoms with Crippen molar-refractivity contribution < 1.29 is 9.59 Å². The zero-order valence-corrected chi connectivity index (χ0v) is 16.9. The number of carbonyl (C=O) groups is 2. The second-order valence-corrected chi connectivity index (χ2v) is 8.44. The van der Waals surface area contributed by atoms with Crippen molar-refractivity contribution in [2.45, 2.75) is 41.8 Å². The molecule has 10 heteroatoms. The average molecular weight is 407 g/mol. The third kappa shape index (κ3) is 5.46. The van der Waals surface area contributed by atoms with E-state index in [4.69, 9.17) is 0 Å². The molecule has 144 valence electrons. The number of carbonyl (C=O) groups excluding carboxylic acids is 2. The standard InChI is InChI=1S/C17H22N6O2S2/c1-22(2)17(25)27-14-9-7-12(8-10-14)18-15(24)11-26-16-19-20-21-23(16)13-5-3-4-6-13/h7-10,13H,3-6,11H2,1-2H3,(H,18,24). The molecule has 0 spiro atoms. The van der Waals surface area contributed by atoms with Crippen molar-refractivity contribution in [1.29, 1.82) is 0 Å². The van der Waals surface area contributed by atoms with Crippen LogP contribution in [0.3, 0.4) is 0 Å². The maximum Gasteiger partial charge on any atom is 0.285 e. The Morgan fingerprint density at radius 2 is 1.93 bits per heavy atom. The third-order valence-corrected chi connectivity index (χ3v) is 6.15. The van der Waals surface area contributed by atoms with Crippen LogP contribution in [-0.4, -0.2) is 56.1 Å². The largest absolute Gasteiger partial charge is 0.339 e. The number of nitrogens with zero attached hydrogens (tertiary/aromatic N) is 5. The first kappa shape index (κ1) is 19.7. The molecule has 1 aromatic heterocycles. The van der Waals surface area contributed by atoms with E-state index < -0.39 is 0 Å². The van der Waals surface area contributed by atoms with Gasteiger partial charge in [0.2, 0.25) is 11.1 Å². The van der Waals surface area contributed by atoms with Crippen LogP contribution in [0, 0.1) is 0 Å². The van der Waals surface area contributed by atoms with Crippen molar-refractivity contribution in [3.05, 3.63) is 24.3 Å². The summed E-state index contributed by atoms with van der Waals surface area (Å²) in [5.41, 5.74) is 0.692. The highest BCUT2D eigenvalue weighted by Gasteiger charge is 2.22. The maximum atomic E-state index is 12.2. The van der Waals surface area contributed by atoms with E-state index in [9.17, 15) is 9.59 Å². The summed E-state index contributed by atoms with van der Waals surface area (Å²) >= 11 is 2.49. The molecule has 1 aliphatic carbocycles. The van der Waals surface area contributed by atoms with E-state index in [0.29, 0.717) is 16.9 Å². The summed E-state index contributed by atoms with van der Waals surface area (Å²) in [5, 5.41) is 15.4. The second-order valence-electron chi connectivity index (χ2n) is 6.47. The van der Waals surface area contributed by atoms with Crippen molar-refractivity contribution in [2.75, 3.05) is 25.2 Å². The fourth-order valence-corrected chi connectivity index (χ4v) is 4.18. The van der Waals surface area contributed by atoms with Gasteiger partial charge in [0.05, 0.1) is 11.8 Å². The number of thioether (sulfide) groups is 2. The Bertz CT molecular complexity index is 787. The molecule has 1 aliphatic rings. The first-order valence-electron chi connectivity index (χ1n) is 8.72. The lowest BCUT2D eigenvalue weighted by atomic mass is 10.3. The number of amides is 2. The monoisotopic (exact) mass is 406 g/mol. The summed E-state index contributed by atoms with van der Waals surface area (Å²) in [7, 11) is 3.43. The molecule has 27 heavy (non-hydrogen) atoms. The van der Waals surface area contributed by atoms with Crippen molar-refractivity contribution >= 4 is 40.4 Å². The summed E-state index contributed by atoms with van der Waals surface area (Å²) in [4.78, 5) is 26.3. The van der Waals surface area contributed by atoms with Gasteiger partial charge in [0.1, 0.15) is 0 Å². The normalized spacial score (nSPS) is 14.3. The molecule has 0 bridgehead atoms. The van der Waals surface area contributed by atoms with Gasteiger partial charge in [-0.2, -0.15) is 0 Å². The molecule has 1 heterocycles. The van der Waals surface area contributed by atoms with Gasteiger partial charge in [0, 0.05) is 24.7 Å². The van der Waals surface area contributed by atoms with E-state index in [1.54, 1.807) is 26.2 Å². The molecule has 0 atom stereocenters. The topological polar surface area (TPSA) is 93.0 Å². The first-order valence-corrected chi connectivity index (χ1v) is 10.5. The molecule has 1 saturated carbocycles. The van der Waals surface area contributed by atoms with Crippen LogP contribution in [0.2, 0.25) is 0 Å². The lowest BCUT2D eigenvalue weighted by Crippen LogP contribution is -2.16. The van der Waals surface area contributed by atoms with Crippen LogP contribution < -0.4 is 5.32 Å². The number of nitrogens with one attached hydrogen (secondary N) is 1. The molecule has 3 rings (SSSR count). The number of hydrogen-bond acceptors (Lipinski definition) is 7. The number of rotatable bonds is 6. The molecule has 8 nitrogen and oxygen atoms in total.